The highest BCUT2D eigenvalue weighted by Crippen LogP contribution is 2.24. The summed E-state index contributed by atoms with van der Waals surface area (Å²) in [7, 11) is 0. The Hall–Kier alpha value is -3.26. The second-order valence-electron chi connectivity index (χ2n) is 5.44. The van der Waals surface area contributed by atoms with Crippen LogP contribution in [0.2, 0.25) is 0 Å². The number of carbonyl (C=O) groups excluding carboxylic acids is 1. The first-order chi connectivity index (χ1) is 13.0. The first-order valence-electron chi connectivity index (χ1n) is 7.88. The number of rotatable bonds is 6. The summed E-state index contributed by atoms with van der Waals surface area (Å²) in [5.41, 5.74) is 1.64. The van der Waals surface area contributed by atoms with Crippen LogP contribution in [0.4, 0.5) is 33.1 Å². The van der Waals surface area contributed by atoms with E-state index in [0.29, 0.717) is 27.5 Å². The SMILES string of the molecule is C=CC(=O)Nc1cccc(Nc2cc(Nc3ccc(Br)cc3F)ncn2)c1. The normalized spacial score (nSPS) is 10.1. The summed E-state index contributed by atoms with van der Waals surface area (Å²) in [6.07, 6.45) is 2.56. The van der Waals surface area contributed by atoms with Crippen molar-refractivity contribution in [3.05, 3.63) is 77.8 Å². The van der Waals surface area contributed by atoms with Crippen molar-refractivity contribution in [2.75, 3.05) is 16.0 Å². The molecule has 3 aromatic rings. The Labute approximate surface area is 163 Å². The molecule has 3 N–H and O–H groups in total. The van der Waals surface area contributed by atoms with Crippen molar-refractivity contribution in [2.45, 2.75) is 0 Å². The van der Waals surface area contributed by atoms with Crippen molar-refractivity contribution in [3.63, 3.8) is 0 Å². The molecule has 2 aromatic carbocycles. The number of aromatic nitrogens is 2. The number of amides is 1. The van der Waals surface area contributed by atoms with E-state index in [4.69, 9.17) is 0 Å². The summed E-state index contributed by atoms with van der Waals surface area (Å²) in [5.74, 6) is 0.252. The lowest BCUT2D eigenvalue weighted by Crippen LogP contribution is -2.07. The van der Waals surface area contributed by atoms with Crippen LogP contribution in [-0.2, 0) is 4.79 Å². The van der Waals surface area contributed by atoms with E-state index in [9.17, 15) is 9.18 Å². The molecule has 1 heterocycles. The molecule has 6 nitrogen and oxygen atoms in total. The van der Waals surface area contributed by atoms with Gasteiger partial charge in [0.15, 0.2) is 0 Å². The number of nitrogens with zero attached hydrogens (tertiary/aromatic N) is 2. The van der Waals surface area contributed by atoms with Gasteiger partial charge in [0.05, 0.1) is 5.69 Å². The Morgan fingerprint density at radius 2 is 1.78 bits per heavy atom. The fraction of sp³-hybridized carbons (Fsp3) is 0. The van der Waals surface area contributed by atoms with Crippen LogP contribution in [0.1, 0.15) is 0 Å². The highest BCUT2D eigenvalue weighted by Gasteiger charge is 2.06. The molecular formula is C19H15BrFN5O. The average molecular weight is 428 g/mol. The summed E-state index contributed by atoms with van der Waals surface area (Å²) in [5, 5.41) is 8.72. The fourth-order valence-corrected chi connectivity index (χ4v) is 2.57. The van der Waals surface area contributed by atoms with Gasteiger partial charge in [-0.25, -0.2) is 14.4 Å². The molecule has 0 atom stereocenters. The van der Waals surface area contributed by atoms with Gasteiger partial charge in [-0.05, 0) is 42.5 Å². The maximum atomic E-state index is 14.0. The molecule has 0 bridgehead atoms. The average Bonchev–Trinajstić information content (AvgIpc) is 2.64. The number of anilines is 5. The largest absolute Gasteiger partial charge is 0.340 e. The van der Waals surface area contributed by atoms with Gasteiger partial charge >= 0.3 is 0 Å². The van der Waals surface area contributed by atoms with E-state index in [1.165, 1.54) is 18.5 Å². The maximum Gasteiger partial charge on any atom is 0.247 e. The molecule has 0 unspecified atom stereocenters. The van der Waals surface area contributed by atoms with Gasteiger partial charge in [0.1, 0.15) is 23.8 Å². The Morgan fingerprint density at radius 1 is 1.04 bits per heavy atom. The van der Waals surface area contributed by atoms with E-state index in [0.717, 1.165) is 5.69 Å². The van der Waals surface area contributed by atoms with Crippen LogP contribution < -0.4 is 16.0 Å². The standard InChI is InChI=1S/C19H15BrFN5O/c1-2-19(27)25-14-5-3-4-13(9-14)24-17-10-18(23-11-22-17)26-16-7-6-12(20)8-15(16)21/h2-11H,1H2,(H,25,27)(H2,22,23,24,26). The third kappa shape index (κ3) is 5.11. The molecule has 0 saturated heterocycles. The molecule has 0 fully saturated rings. The van der Waals surface area contributed by atoms with E-state index in [-0.39, 0.29) is 5.91 Å². The first kappa shape index (κ1) is 18.5. The Bertz CT molecular complexity index is 995. The first-order valence-corrected chi connectivity index (χ1v) is 8.67. The third-order valence-corrected chi connectivity index (χ3v) is 3.94. The Kier molecular flexibility index (Phi) is 5.77. The number of carbonyl (C=O) groups is 1. The molecule has 0 aliphatic carbocycles. The van der Waals surface area contributed by atoms with Gasteiger partial charge in [0.25, 0.3) is 0 Å². The van der Waals surface area contributed by atoms with Crippen molar-refractivity contribution in [2.24, 2.45) is 0 Å². The quantitative estimate of drug-likeness (QED) is 0.482. The van der Waals surface area contributed by atoms with Gasteiger partial charge < -0.3 is 16.0 Å². The second-order valence-corrected chi connectivity index (χ2v) is 6.35. The van der Waals surface area contributed by atoms with E-state index in [1.54, 1.807) is 36.4 Å². The molecule has 0 saturated carbocycles. The van der Waals surface area contributed by atoms with Crippen molar-refractivity contribution in [1.29, 1.82) is 0 Å². The lowest BCUT2D eigenvalue weighted by molar-refractivity contribution is -0.111. The van der Waals surface area contributed by atoms with Gasteiger partial charge in [-0.2, -0.15) is 0 Å². The van der Waals surface area contributed by atoms with Crippen molar-refractivity contribution in [3.8, 4) is 0 Å². The minimum Gasteiger partial charge on any atom is -0.340 e. The zero-order valence-corrected chi connectivity index (χ0v) is 15.6. The molecule has 136 valence electrons. The highest BCUT2D eigenvalue weighted by atomic mass is 79.9. The van der Waals surface area contributed by atoms with Crippen molar-refractivity contribution < 1.29 is 9.18 Å². The number of benzene rings is 2. The van der Waals surface area contributed by atoms with Crippen molar-refractivity contribution >= 4 is 50.5 Å². The molecule has 0 spiro atoms. The molecule has 0 aliphatic heterocycles. The van der Waals surface area contributed by atoms with Crippen LogP contribution in [0.15, 0.2) is 72.0 Å². The smallest absolute Gasteiger partial charge is 0.247 e. The van der Waals surface area contributed by atoms with Crippen LogP contribution in [0, 0.1) is 5.82 Å². The summed E-state index contributed by atoms with van der Waals surface area (Å²) in [4.78, 5) is 19.7. The van der Waals surface area contributed by atoms with E-state index >= 15 is 0 Å². The molecule has 1 aromatic heterocycles. The number of hydrogen-bond donors (Lipinski definition) is 3. The van der Waals surface area contributed by atoms with Crippen LogP contribution in [0.5, 0.6) is 0 Å². The van der Waals surface area contributed by atoms with Gasteiger partial charge in [0.2, 0.25) is 5.91 Å². The van der Waals surface area contributed by atoms with Gasteiger partial charge in [-0.1, -0.05) is 28.6 Å². The van der Waals surface area contributed by atoms with E-state index in [1.807, 2.05) is 6.07 Å². The van der Waals surface area contributed by atoms with E-state index < -0.39 is 5.82 Å². The predicted octanol–water partition coefficient (Wildman–Crippen LogP) is 4.99. The lowest BCUT2D eigenvalue weighted by atomic mass is 10.2. The monoisotopic (exact) mass is 427 g/mol. The summed E-state index contributed by atoms with van der Waals surface area (Å²) < 4.78 is 14.6. The molecular weight excluding hydrogens is 413 g/mol. The fourth-order valence-electron chi connectivity index (χ4n) is 2.24. The maximum absolute atomic E-state index is 14.0. The van der Waals surface area contributed by atoms with E-state index in [2.05, 4.69) is 48.4 Å². The zero-order valence-electron chi connectivity index (χ0n) is 14.0. The van der Waals surface area contributed by atoms with Crippen molar-refractivity contribution in [1.82, 2.24) is 9.97 Å². The minimum atomic E-state index is -0.400. The summed E-state index contributed by atoms with van der Waals surface area (Å²) in [6, 6.07) is 13.5. The molecule has 0 radical (unpaired) electrons. The Morgan fingerprint density at radius 3 is 2.52 bits per heavy atom. The Balaban J connectivity index is 1.75. The lowest BCUT2D eigenvalue weighted by Gasteiger charge is -2.10. The molecule has 8 heteroatoms. The van der Waals surface area contributed by atoms with Crippen LogP contribution in [0.25, 0.3) is 0 Å². The highest BCUT2D eigenvalue weighted by molar-refractivity contribution is 9.10. The number of halogens is 2. The summed E-state index contributed by atoms with van der Waals surface area (Å²) in [6.45, 7) is 3.42. The second kappa shape index (κ2) is 8.41. The topological polar surface area (TPSA) is 78.9 Å². The van der Waals surface area contributed by atoms with Crippen LogP contribution in [0.3, 0.4) is 0 Å². The number of nitrogens with one attached hydrogen (secondary N) is 3. The molecule has 1 amide bonds. The zero-order chi connectivity index (χ0) is 19.2. The van der Waals surface area contributed by atoms with Crippen LogP contribution in [-0.4, -0.2) is 15.9 Å². The van der Waals surface area contributed by atoms with Gasteiger partial charge in [-0.15, -0.1) is 0 Å². The molecule has 3 rings (SSSR count). The minimum absolute atomic E-state index is 0.294. The summed E-state index contributed by atoms with van der Waals surface area (Å²) >= 11 is 3.22. The predicted molar refractivity (Wildman–Crippen MR) is 108 cm³/mol. The molecule has 27 heavy (non-hydrogen) atoms. The van der Waals surface area contributed by atoms with Gasteiger partial charge in [0, 0.05) is 21.9 Å². The van der Waals surface area contributed by atoms with Crippen LogP contribution >= 0.6 is 15.9 Å². The number of hydrogen-bond acceptors (Lipinski definition) is 5. The van der Waals surface area contributed by atoms with Gasteiger partial charge in [-0.3, -0.25) is 4.79 Å². The molecule has 0 aliphatic rings. The third-order valence-electron chi connectivity index (χ3n) is 3.45.